The molecule has 0 bridgehead atoms. The Bertz CT molecular complexity index is 300. The first-order chi connectivity index (χ1) is 7.68. The third kappa shape index (κ3) is 5.61. The van der Waals surface area contributed by atoms with Crippen LogP contribution in [0.5, 0.6) is 5.75 Å². The van der Waals surface area contributed by atoms with Crippen LogP contribution in [0.2, 0.25) is 0 Å². The van der Waals surface area contributed by atoms with Gasteiger partial charge in [-0.2, -0.15) is 0 Å². The molecule has 1 aromatic carbocycles. The highest BCUT2D eigenvalue weighted by Crippen LogP contribution is 2.14. The van der Waals surface area contributed by atoms with E-state index in [1.54, 1.807) is 0 Å². The van der Waals surface area contributed by atoms with Gasteiger partial charge >= 0.3 is 0 Å². The Balaban J connectivity index is 2.07. The number of nitrogen functional groups attached to an aromatic ring is 1. The van der Waals surface area contributed by atoms with Crippen molar-refractivity contribution in [3.63, 3.8) is 0 Å². The largest absolute Gasteiger partial charge is 0.493 e. The molecule has 3 nitrogen and oxygen atoms in total. The molecule has 90 valence electrons. The lowest BCUT2D eigenvalue weighted by Gasteiger charge is -2.08. The van der Waals surface area contributed by atoms with Crippen LogP contribution in [0.25, 0.3) is 0 Å². The summed E-state index contributed by atoms with van der Waals surface area (Å²) < 4.78 is 11.0. The summed E-state index contributed by atoms with van der Waals surface area (Å²) >= 11 is 0. The first-order valence-electron chi connectivity index (χ1n) is 5.74. The quantitative estimate of drug-likeness (QED) is 0.571. The minimum atomic E-state index is 0.592. The van der Waals surface area contributed by atoms with Gasteiger partial charge in [0.1, 0.15) is 5.75 Å². The van der Waals surface area contributed by atoms with Gasteiger partial charge in [-0.3, -0.25) is 0 Å². The summed E-state index contributed by atoms with van der Waals surface area (Å²) in [5, 5.41) is 0. The van der Waals surface area contributed by atoms with E-state index in [9.17, 15) is 0 Å². The van der Waals surface area contributed by atoms with Crippen LogP contribution in [0.4, 0.5) is 5.69 Å². The van der Waals surface area contributed by atoms with E-state index in [0.717, 1.165) is 31.1 Å². The predicted molar refractivity (Wildman–Crippen MR) is 66.6 cm³/mol. The van der Waals surface area contributed by atoms with Crippen molar-refractivity contribution in [1.82, 2.24) is 0 Å². The minimum Gasteiger partial charge on any atom is -0.493 e. The molecule has 2 N–H and O–H groups in total. The van der Waals surface area contributed by atoms with Gasteiger partial charge in [0.15, 0.2) is 0 Å². The van der Waals surface area contributed by atoms with Crippen molar-refractivity contribution >= 4 is 5.69 Å². The fourth-order valence-electron chi connectivity index (χ4n) is 1.27. The summed E-state index contributed by atoms with van der Waals surface area (Å²) in [4.78, 5) is 0. The fourth-order valence-corrected chi connectivity index (χ4v) is 1.27. The van der Waals surface area contributed by atoms with E-state index < -0.39 is 0 Å². The summed E-state index contributed by atoms with van der Waals surface area (Å²) in [7, 11) is 0. The Kier molecular flexibility index (Phi) is 5.72. The highest BCUT2D eigenvalue weighted by Gasteiger charge is 1.96. The maximum absolute atomic E-state index is 5.64. The molecule has 1 rings (SSSR count). The standard InChI is InChI=1S/C13H21NO2/c1-11(2)10-15-7-4-8-16-13-6-3-5-12(14)9-13/h3,5-6,9,11H,4,7-8,10,14H2,1-2H3. The summed E-state index contributed by atoms with van der Waals surface area (Å²) in [6.45, 7) is 6.52. The van der Waals surface area contributed by atoms with Gasteiger partial charge in [-0.15, -0.1) is 0 Å². The third-order valence-corrected chi connectivity index (χ3v) is 2.01. The van der Waals surface area contributed by atoms with Crippen molar-refractivity contribution in [2.24, 2.45) is 5.92 Å². The lowest BCUT2D eigenvalue weighted by atomic mass is 10.2. The van der Waals surface area contributed by atoms with Crippen LogP contribution in [0.1, 0.15) is 20.3 Å². The van der Waals surface area contributed by atoms with E-state index in [2.05, 4.69) is 13.8 Å². The van der Waals surface area contributed by atoms with Gasteiger partial charge in [0.25, 0.3) is 0 Å². The number of hydrogen-bond donors (Lipinski definition) is 1. The molecule has 0 unspecified atom stereocenters. The van der Waals surface area contributed by atoms with Gasteiger partial charge in [-0.25, -0.2) is 0 Å². The Morgan fingerprint density at radius 2 is 2.06 bits per heavy atom. The van der Waals surface area contributed by atoms with Crippen LogP contribution in [-0.2, 0) is 4.74 Å². The highest BCUT2D eigenvalue weighted by molar-refractivity contribution is 5.43. The van der Waals surface area contributed by atoms with E-state index >= 15 is 0 Å². The van der Waals surface area contributed by atoms with Gasteiger partial charge in [0, 0.05) is 31.4 Å². The van der Waals surface area contributed by atoms with Gasteiger partial charge < -0.3 is 15.2 Å². The molecule has 0 atom stereocenters. The summed E-state index contributed by atoms with van der Waals surface area (Å²) in [5.41, 5.74) is 6.37. The van der Waals surface area contributed by atoms with E-state index in [4.69, 9.17) is 15.2 Å². The van der Waals surface area contributed by atoms with Crippen molar-refractivity contribution in [3.8, 4) is 5.75 Å². The van der Waals surface area contributed by atoms with E-state index in [1.807, 2.05) is 24.3 Å². The van der Waals surface area contributed by atoms with Gasteiger partial charge in [-0.05, 0) is 18.1 Å². The Labute approximate surface area is 97.6 Å². The summed E-state index contributed by atoms with van der Waals surface area (Å²) in [6, 6.07) is 7.47. The van der Waals surface area contributed by atoms with Crippen molar-refractivity contribution in [2.75, 3.05) is 25.6 Å². The normalized spacial score (nSPS) is 10.7. The molecule has 0 aromatic heterocycles. The molecular formula is C13H21NO2. The lowest BCUT2D eigenvalue weighted by Crippen LogP contribution is -2.07. The zero-order chi connectivity index (χ0) is 11.8. The monoisotopic (exact) mass is 223 g/mol. The SMILES string of the molecule is CC(C)COCCCOc1cccc(N)c1. The van der Waals surface area contributed by atoms with Crippen LogP contribution in [-0.4, -0.2) is 19.8 Å². The number of ether oxygens (including phenoxy) is 2. The summed E-state index contributed by atoms with van der Waals surface area (Å²) in [6.07, 6.45) is 0.904. The molecular weight excluding hydrogens is 202 g/mol. The number of anilines is 1. The first kappa shape index (κ1) is 12.8. The second-order valence-electron chi connectivity index (χ2n) is 4.24. The predicted octanol–water partition coefficient (Wildman–Crippen LogP) is 2.71. The van der Waals surface area contributed by atoms with E-state index in [0.29, 0.717) is 12.5 Å². The van der Waals surface area contributed by atoms with Gasteiger partial charge in [0.2, 0.25) is 0 Å². The molecule has 0 aliphatic carbocycles. The summed E-state index contributed by atoms with van der Waals surface area (Å²) in [5.74, 6) is 1.42. The van der Waals surface area contributed by atoms with Crippen LogP contribution in [0, 0.1) is 5.92 Å². The second-order valence-corrected chi connectivity index (χ2v) is 4.24. The minimum absolute atomic E-state index is 0.592. The molecule has 0 saturated heterocycles. The molecule has 0 amide bonds. The molecule has 0 saturated carbocycles. The van der Waals surface area contributed by atoms with Gasteiger partial charge in [-0.1, -0.05) is 19.9 Å². The van der Waals surface area contributed by atoms with Crippen LogP contribution in [0.3, 0.4) is 0 Å². The average molecular weight is 223 g/mol. The van der Waals surface area contributed by atoms with Crippen molar-refractivity contribution in [1.29, 1.82) is 0 Å². The fraction of sp³-hybridized carbons (Fsp3) is 0.538. The van der Waals surface area contributed by atoms with Crippen LogP contribution < -0.4 is 10.5 Å². The maximum Gasteiger partial charge on any atom is 0.121 e. The number of hydrogen-bond acceptors (Lipinski definition) is 3. The van der Waals surface area contributed by atoms with Crippen molar-refractivity contribution in [3.05, 3.63) is 24.3 Å². The highest BCUT2D eigenvalue weighted by atomic mass is 16.5. The molecule has 0 radical (unpaired) electrons. The molecule has 0 aliphatic heterocycles. The topological polar surface area (TPSA) is 44.5 Å². The molecule has 3 heteroatoms. The zero-order valence-electron chi connectivity index (χ0n) is 10.1. The molecule has 16 heavy (non-hydrogen) atoms. The smallest absolute Gasteiger partial charge is 0.121 e. The number of rotatable bonds is 7. The Morgan fingerprint density at radius 3 is 2.75 bits per heavy atom. The van der Waals surface area contributed by atoms with Gasteiger partial charge in [0.05, 0.1) is 6.61 Å². The third-order valence-electron chi connectivity index (χ3n) is 2.01. The van der Waals surface area contributed by atoms with Crippen LogP contribution in [0.15, 0.2) is 24.3 Å². The first-order valence-corrected chi connectivity index (χ1v) is 5.74. The number of benzene rings is 1. The Morgan fingerprint density at radius 1 is 1.25 bits per heavy atom. The van der Waals surface area contributed by atoms with E-state index in [-0.39, 0.29) is 0 Å². The van der Waals surface area contributed by atoms with Crippen molar-refractivity contribution in [2.45, 2.75) is 20.3 Å². The second kappa shape index (κ2) is 7.12. The molecule has 1 aromatic rings. The lowest BCUT2D eigenvalue weighted by molar-refractivity contribution is 0.0981. The molecule has 0 aliphatic rings. The average Bonchev–Trinajstić information content (AvgIpc) is 2.23. The molecule has 0 fully saturated rings. The molecule has 0 spiro atoms. The van der Waals surface area contributed by atoms with E-state index in [1.165, 1.54) is 0 Å². The van der Waals surface area contributed by atoms with Crippen LogP contribution >= 0.6 is 0 Å². The number of nitrogens with two attached hydrogens (primary N) is 1. The maximum atomic E-state index is 5.64. The molecule has 0 heterocycles. The Hall–Kier alpha value is -1.22. The zero-order valence-corrected chi connectivity index (χ0v) is 10.1. The van der Waals surface area contributed by atoms with Crippen molar-refractivity contribution < 1.29 is 9.47 Å².